The molecule has 3 fully saturated rings. The minimum atomic E-state index is -1.61. The molecule has 0 amide bonds. The van der Waals surface area contributed by atoms with Crippen LogP contribution >= 0.6 is 19.4 Å². The van der Waals surface area contributed by atoms with Crippen LogP contribution in [0.3, 0.4) is 0 Å². The van der Waals surface area contributed by atoms with Gasteiger partial charge in [-0.3, -0.25) is 0 Å². The molecule has 1 saturated heterocycles. The molecular weight excluding hydrogens is 632 g/mol. The third-order valence-electron chi connectivity index (χ3n) is 9.38. The first-order valence-corrected chi connectivity index (χ1v) is 20.9. The van der Waals surface area contributed by atoms with Gasteiger partial charge in [0.05, 0.1) is 0 Å². The van der Waals surface area contributed by atoms with Gasteiger partial charge in [-0.2, -0.15) is 0 Å². The Hall–Kier alpha value is -1.35. The van der Waals surface area contributed by atoms with Gasteiger partial charge in [-0.15, -0.1) is 0 Å². The summed E-state index contributed by atoms with van der Waals surface area (Å²) in [7, 11) is 11.3. The summed E-state index contributed by atoms with van der Waals surface area (Å²) in [5.41, 5.74) is 4.05. The maximum absolute atomic E-state index is 5.67. The van der Waals surface area contributed by atoms with Gasteiger partial charge in [-0.05, 0) is 60.7 Å². The third kappa shape index (κ3) is 7.98. The van der Waals surface area contributed by atoms with Crippen molar-refractivity contribution in [2.45, 2.75) is 89.4 Å². The Morgan fingerprint density at radius 2 is 1.00 bits per heavy atom. The first-order valence-electron chi connectivity index (χ1n) is 15.4. The Morgan fingerprint density at radius 1 is 0.610 bits per heavy atom. The predicted octanol–water partition coefficient (Wildman–Crippen LogP) is 10.1. The van der Waals surface area contributed by atoms with Crippen LogP contribution in [0.5, 0.6) is 0 Å². The molecule has 0 bridgehead atoms. The van der Waals surface area contributed by atoms with E-state index in [1.807, 2.05) is 34.9 Å². The minimum absolute atomic E-state index is 0.392. The quantitative estimate of drug-likeness (QED) is 0.196. The fourth-order valence-corrected chi connectivity index (χ4v) is 9.13. The van der Waals surface area contributed by atoms with Gasteiger partial charge in [0.15, 0.2) is 0 Å². The molecule has 3 aromatic rings. The topological polar surface area (TPSA) is 6.48 Å². The molecule has 2 aliphatic carbocycles. The molecule has 222 valence electrons. The zero-order valence-electron chi connectivity index (χ0n) is 24.4. The summed E-state index contributed by atoms with van der Waals surface area (Å²) >= 11 is -1.61. The van der Waals surface area contributed by atoms with Crippen LogP contribution < -0.4 is 0 Å². The van der Waals surface area contributed by atoms with Gasteiger partial charge in [-0.25, -0.2) is 6.67 Å². The van der Waals surface area contributed by atoms with Crippen LogP contribution in [0.1, 0.15) is 94.0 Å². The summed E-state index contributed by atoms with van der Waals surface area (Å²) in [5.74, 6) is 1.52. The van der Waals surface area contributed by atoms with Crippen LogP contribution in [-0.2, 0) is 13.5 Å². The van der Waals surface area contributed by atoms with E-state index in [0.717, 1.165) is 17.4 Å². The number of hydrogen-bond acceptors (Lipinski definition) is 2. The van der Waals surface area contributed by atoms with Crippen LogP contribution in [-0.4, -0.2) is 26.5 Å². The van der Waals surface area contributed by atoms with Gasteiger partial charge >= 0.3 is 73.4 Å². The van der Waals surface area contributed by atoms with Gasteiger partial charge < -0.3 is 9.80 Å². The van der Waals surface area contributed by atoms with Crippen LogP contribution in [0.2, 0.25) is 0 Å². The molecule has 4 unspecified atom stereocenters. The Labute approximate surface area is 261 Å². The van der Waals surface area contributed by atoms with Crippen molar-refractivity contribution in [3.05, 3.63) is 114 Å². The van der Waals surface area contributed by atoms with E-state index in [0.29, 0.717) is 24.2 Å². The van der Waals surface area contributed by atoms with Crippen molar-refractivity contribution in [3.63, 3.8) is 0 Å². The summed E-state index contributed by atoms with van der Waals surface area (Å²) in [6.45, 7) is 7.57. The first-order chi connectivity index (χ1) is 20.0. The molecule has 0 spiro atoms. The first kappa shape index (κ1) is 31.1. The van der Waals surface area contributed by atoms with E-state index in [9.17, 15) is 0 Å². The Morgan fingerprint density at radius 3 is 1.39 bits per heavy atom. The number of hydrogen-bond donors (Lipinski definition) is 0. The van der Waals surface area contributed by atoms with E-state index in [1.54, 1.807) is 0 Å². The van der Waals surface area contributed by atoms with E-state index in [2.05, 4.69) is 91.0 Å². The number of rotatable bonds is 5. The molecule has 3 aliphatic rings. The van der Waals surface area contributed by atoms with Gasteiger partial charge in [0.1, 0.15) is 0 Å². The Kier molecular flexibility index (Phi) is 11.7. The third-order valence-corrected chi connectivity index (χ3v) is 11.3. The van der Waals surface area contributed by atoms with Gasteiger partial charge in [0, 0.05) is 12.1 Å². The summed E-state index contributed by atoms with van der Waals surface area (Å²) in [5, 5.41) is 0. The molecule has 1 aliphatic heterocycles. The molecule has 41 heavy (non-hydrogen) atoms. The second kappa shape index (κ2) is 15.4. The molecule has 3 aromatic carbocycles. The Balaban J connectivity index is 0.000000287. The van der Waals surface area contributed by atoms with E-state index in [-0.39, 0.29) is 0 Å². The zero-order valence-corrected chi connectivity index (χ0v) is 27.7. The predicted molar refractivity (Wildman–Crippen MR) is 172 cm³/mol. The van der Waals surface area contributed by atoms with Crippen molar-refractivity contribution in [1.29, 1.82) is 0 Å². The molecule has 0 radical (unpaired) electrons. The SMILES string of the molecule is C[C@@H]1CCCCC1N1[CH-]N(C2CCCC[C@@H]2C)C(c2ccccc2)C1c1ccccc1.[Cl][Ru]([Cl])=[CH]c1ccccc1. The van der Waals surface area contributed by atoms with Gasteiger partial charge in [-0.1, -0.05) is 100 Å². The zero-order chi connectivity index (χ0) is 28.6. The number of nitrogens with zero attached hydrogens (tertiary/aromatic N) is 2. The van der Waals surface area contributed by atoms with Crippen LogP contribution in [0.25, 0.3) is 0 Å². The van der Waals surface area contributed by atoms with Crippen LogP contribution in [0.15, 0.2) is 91.0 Å². The normalized spacial score (nSPS) is 29.3. The number of benzene rings is 3. The Bertz CT molecular complexity index is 1150. The second-order valence-corrected chi connectivity index (χ2v) is 17.8. The van der Waals surface area contributed by atoms with Crippen LogP contribution in [0, 0.1) is 18.5 Å². The fourth-order valence-electron chi connectivity index (χ4n) is 7.31. The van der Waals surface area contributed by atoms with Gasteiger partial charge in [0.25, 0.3) is 0 Å². The van der Waals surface area contributed by atoms with Crippen molar-refractivity contribution in [1.82, 2.24) is 9.80 Å². The molecule has 1 heterocycles. The standard InChI is InChI=1S/C29H39N2.C7H6.2ClH.Ru/c1-22-13-9-11-19-26(22)30-21-31(27-20-12-10-14-23(27)2)29(25-17-7-4-8-18-25)28(30)24-15-5-3-6-16-24;1-7-5-3-2-4-6-7;;;/h3-8,15-18,21-23,26-29H,9-14,19-20H2,1-2H3;1-6H;2*1H;/q-1;;;;+2/p-2/t22-,23+,26?,27?,28?,29?;;;;. The molecule has 5 heteroatoms. The summed E-state index contributed by atoms with van der Waals surface area (Å²) in [6.07, 6.45) is 10.9. The molecule has 0 N–H and O–H groups in total. The van der Waals surface area contributed by atoms with Crippen molar-refractivity contribution in [2.24, 2.45) is 11.8 Å². The van der Waals surface area contributed by atoms with Crippen molar-refractivity contribution >= 4 is 24.0 Å². The van der Waals surface area contributed by atoms with E-state index in [4.69, 9.17) is 19.4 Å². The monoisotopic (exact) mass is 677 g/mol. The molecule has 2 saturated carbocycles. The van der Waals surface area contributed by atoms with Crippen molar-refractivity contribution in [2.75, 3.05) is 0 Å². The number of halogens is 2. The van der Waals surface area contributed by atoms with Crippen molar-refractivity contribution in [3.8, 4) is 0 Å². The van der Waals surface area contributed by atoms with E-state index in [1.165, 1.54) is 62.5 Å². The van der Waals surface area contributed by atoms with Crippen molar-refractivity contribution < 1.29 is 13.5 Å². The van der Waals surface area contributed by atoms with E-state index < -0.39 is 13.5 Å². The summed E-state index contributed by atoms with van der Waals surface area (Å²) < 4.78 is 1.92. The molecular formula is C36H45Cl2N2Ru-. The maximum atomic E-state index is 5.67. The summed E-state index contributed by atoms with van der Waals surface area (Å²) in [6, 6.07) is 34.7. The average molecular weight is 678 g/mol. The second-order valence-electron chi connectivity index (χ2n) is 12.1. The van der Waals surface area contributed by atoms with Gasteiger partial charge in [0.2, 0.25) is 0 Å². The summed E-state index contributed by atoms with van der Waals surface area (Å²) in [4.78, 5) is 5.61. The molecule has 2 nitrogen and oxygen atoms in total. The molecule has 6 rings (SSSR count). The van der Waals surface area contributed by atoms with Crippen LogP contribution in [0.4, 0.5) is 0 Å². The molecule has 0 aromatic heterocycles. The average Bonchev–Trinajstić information content (AvgIpc) is 3.39. The fraction of sp³-hybridized carbons (Fsp3) is 0.444. The van der Waals surface area contributed by atoms with E-state index >= 15 is 0 Å². The molecule has 6 atom stereocenters.